The van der Waals surface area contributed by atoms with E-state index in [9.17, 15) is 4.79 Å². The van der Waals surface area contributed by atoms with E-state index in [0.29, 0.717) is 6.54 Å². The minimum absolute atomic E-state index is 0.0320. The average Bonchev–Trinajstić information content (AvgIpc) is 2.36. The van der Waals surface area contributed by atoms with Gasteiger partial charge in [0.15, 0.2) is 0 Å². The highest BCUT2D eigenvalue weighted by Gasteiger charge is 2.21. The molecule has 0 atom stereocenters. The summed E-state index contributed by atoms with van der Waals surface area (Å²) in [6, 6.07) is 7.83. The third-order valence-corrected chi connectivity index (χ3v) is 2.86. The van der Waals surface area contributed by atoms with Crippen molar-refractivity contribution in [3.8, 4) is 0 Å². The molecule has 0 aliphatic heterocycles. The van der Waals surface area contributed by atoms with E-state index in [1.165, 1.54) is 0 Å². The molecular weight excluding hydrogens is 252 g/mol. The van der Waals surface area contributed by atoms with E-state index in [0.717, 1.165) is 11.3 Å². The van der Waals surface area contributed by atoms with Gasteiger partial charge in [-0.3, -0.25) is 4.79 Å². The second kappa shape index (κ2) is 6.86. The quantitative estimate of drug-likeness (QED) is 0.901. The van der Waals surface area contributed by atoms with Gasteiger partial charge in [0.25, 0.3) is 5.91 Å². The highest BCUT2D eigenvalue weighted by Crippen LogP contribution is 2.19. The summed E-state index contributed by atoms with van der Waals surface area (Å²) in [4.78, 5) is 14.1. The molecule has 0 saturated carbocycles. The lowest BCUT2D eigenvalue weighted by molar-refractivity contribution is -0.128. The highest BCUT2D eigenvalue weighted by atomic mass is 16.5. The molecule has 0 unspecified atom stereocenters. The molecule has 1 amide bonds. The van der Waals surface area contributed by atoms with Crippen molar-refractivity contribution < 1.29 is 9.53 Å². The van der Waals surface area contributed by atoms with Crippen LogP contribution in [0.3, 0.4) is 0 Å². The number of nitrogens with two attached hydrogens (primary N) is 1. The first kappa shape index (κ1) is 16.7. The molecular formula is C16H26N2O2. The second-order valence-corrected chi connectivity index (χ2v) is 6.13. The topological polar surface area (TPSA) is 55.6 Å². The van der Waals surface area contributed by atoms with Crippen molar-refractivity contribution in [3.63, 3.8) is 0 Å². The zero-order valence-corrected chi connectivity index (χ0v) is 13.1. The summed E-state index contributed by atoms with van der Waals surface area (Å²) in [7, 11) is 0. The molecule has 112 valence electrons. The lowest BCUT2D eigenvalue weighted by atomic mass is 10.1. The lowest BCUT2D eigenvalue weighted by Gasteiger charge is -2.29. The molecule has 0 saturated heterocycles. The van der Waals surface area contributed by atoms with Gasteiger partial charge in [-0.2, -0.15) is 0 Å². The maximum atomic E-state index is 12.4. The van der Waals surface area contributed by atoms with E-state index in [1.54, 1.807) is 4.90 Å². The summed E-state index contributed by atoms with van der Waals surface area (Å²) in [5.41, 5.74) is 7.20. The van der Waals surface area contributed by atoms with Gasteiger partial charge in [0.2, 0.25) is 0 Å². The Morgan fingerprint density at radius 2 is 1.80 bits per heavy atom. The zero-order valence-electron chi connectivity index (χ0n) is 13.1. The Hall–Kier alpha value is -1.39. The minimum atomic E-state index is -0.318. The first-order chi connectivity index (χ1) is 9.24. The number of hydrogen-bond donors (Lipinski definition) is 1. The smallest absolute Gasteiger partial charge is 0.253 e. The van der Waals surface area contributed by atoms with Gasteiger partial charge in [-0.15, -0.1) is 0 Å². The molecule has 20 heavy (non-hydrogen) atoms. The second-order valence-electron chi connectivity index (χ2n) is 6.13. The molecule has 0 aliphatic carbocycles. The van der Waals surface area contributed by atoms with Crippen LogP contribution in [0.25, 0.3) is 0 Å². The van der Waals surface area contributed by atoms with Crippen LogP contribution in [0.5, 0.6) is 0 Å². The number of rotatable bonds is 5. The number of ether oxygens (including phenoxy) is 1. The van der Waals surface area contributed by atoms with Crippen LogP contribution in [0, 0.1) is 0 Å². The van der Waals surface area contributed by atoms with E-state index in [1.807, 2.05) is 58.9 Å². The van der Waals surface area contributed by atoms with E-state index in [4.69, 9.17) is 10.5 Å². The van der Waals surface area contributed by atoms with Gasteiger partial charge >= 0.3 is 0 Å². The molecule has 1 aromatic rings. The van der Waals surface area contributed by atoms with Crippen LogP contribution in [0.2, 0.25) is 0 Å². The summed E-state index contributed by atoms with van der Waals surface area (Å²) in [5, 5.41) is 0. The van der Waals surface area contributed by atoms with Gasteiger partial charge in [-0.05, 0) is 52.3 Å². The van der Waals surface area contributed by atoms with Crippen LogP contribution in [0.4, 0.5) is 5.69 Å². The van der Waals surface area contributed by atoms with Gasteiger partial charge in [-0.25, -0.2) is 0 Å². The van der Waals surface area contributed by atoms with Crippen LogP contribution in [-0.2, 0) is 16.1 Å². The van der Waals surface area contributed by atoms with Gasteiger partial charge in [0, 0.05) is 18.3 Å². The van der Waals surface area contributed by atoms with Crippen molar-refractivity contribution in [1.82, 2.24) is 0 Å². The first-order valence-corrected chi connectivity index (χ1v) is 6.99. The minimum Gasteiger partial charge on any atom is -0.366 e. The number of benzene rings is 1. The number of nitrogens with zero attached hydrogens (tertiary/aromatic N) is 1. The summed E-state index contributed by atoms with van der Waals surface area (Å²) < 4.78 is 5.58. The number of hydrogen-bond acceptors (Lipinski definition) is 3. The fourth-order valence-corrected chi connectivity index (χ4v) is 1.87. The monoisotopic (exact) mass is 278 g/mol. The standard InChI is InChI=1S/C16H26N2O2/c1-12(2)18(15(19)11-20-16(3,4)5)14-8-6-13(10-17)7-9-14/h6-9,12H,10-11,17H2,1-5H3. The average molecular weight is 278 g/mol. The highest BCUT2D eigenvalue weighted by molar-refractivity contribution is 5.94. The van der Waals surface area contributed by atoms with Crippen LogP contribution >= 0.6 is 0 Å². The van der Waals surface area contributed by atoms with Crippen molar-refractivity contribution in [1.29, 1.82) is 0 Å². The molecule has 0 spiro atoms. The predicted molar refractivity (Wildman–Crippen MR) is 82.7 cm³/mol. The van der Waals surface area contributed by atoms with Gasteiger partial charge in [-0.1, -0.05) is 12.1 Å². The van der Waals surface area contributed by atoms with Crippen LogP contribution in [0.1, 0.15) is 40.2 Å². The molecule has 2 N–H and O–H groups in total. The SMILES string of the molecule is CC(C)N(C(=O)COC(C)(C)C)c1ccc(CN)cc1. The number of carbonyl (C=O) groups excluding carboxylic acids is 1. The zero-order chi connectivity index (χ0) is 15.3. The fraction of sp³-hybridized carbons (Fsp3) is 0.562. The Balaban J connectivity index is 2.85. The summed E-state index contributed by atoms with van der Waals surface area (Å²) >= 11 is 0. The van der Waals surface area contributed by atoms with Crippen molar-refractivity contribution in [2.75, 3.05) is 11.5 Å². The maximum absolute atomic E-state index is 12.4. The maximum Gasteiger partial charge on any atom is 0.253 e. The van der Waals surface area contributed by atoms with Gasteiger partial charge < -0.3 is 15.4 Å². The molecule has 0 radical (unpaired) electrons. The van der Waals surface area contributed by atoms with Crippen molar-refractivity contribution in [2.24, 2.45) is 5.73 Å². The third-order valence-electron chi connectivity index (χ3n) is 2.86. The summed E-state index contributed by atoms with van der Waals surface area (Å²) in [6.07, 6.45) is 0. The molecule has 0 aliphatic rings. The summed E-state index contributed by atoms with van der Waals surface area (Å²) in [5.74, 6) is -0.0320. The van der Waals surface area contributed by atoms with E-state index in [2.05, 4.69) is 0 Å². The fourth-order valence-electron chi connectivity index (χ4n) is 1.87. The Morgan fingerprint density at radius 3 is 2.20 bits per heavy atom. The van der Waals surface area contributed by atoms with Crippen molar-refractivity contribution in [3.05, 3.63) is 29.8 Å². The molecule has 1 rings (SSSR count). The van der Waals surface area contributed by atoms with Crippen LogP contribution in [-0.4, -0.2) is 24.2 Å². The molecule has 0 fully saturated rings. The first-order valence-electron chi connectivity index (χ1n) is 6.99. The molecule has 0 aromatic heterocycles. The Morgan fingerprint density at radius 1 is 1.25 bits per heavy atom. The molecule has 4 heteroatoms. The molecule has 1 aromatic carbocycles. The van der Waals surface area contributed by atoms with Gasteiger partial charge in [0.1, 0.15) is 6.61 Å². The van der Waals surface area contributed by atoms with E-state index in [-0.39, 0.29) is 24.2 Å². The number of amides is 1. The molecule has 0 bridgehead atoms. The molecule has 0 heterocycles. The van der Waals surface area contributed by atoms with Crippen molar-refractivity contribution >= 4 is 11.6 Å². The van der Waals surface area contributed by atoms with Crippen molar-refractivity contribution in [2.45, 2.75) is 52.8 Å². The number of carbonyl (C=O) groups is 1. The summed E-state index contributed by atoms with van der Waals surface area (Å²) in [6.45, 7) is 10.4. The third kappa shape index (κ3) is 4.94. The van der Waals surface area contributed by atoms with E-state index < -0.39 is 0 Å². The Labute approximate surface area is 121 Å². The number of anilines is 1. The van der Waals surface area contributed by atoms with Gasteiger partial charge in [0.05, 0.1) is 5.60 Å². The Bertz CT molecular complexity index is 433. The normalized spacial score (nSPS) is 11.8. The van der Waals surface area contributed by atoms with Crippen LogP contribution in [0.15, 0.2) is 24.3 Å². The Kier molecular flexibility index (Phi) is 5.72. The molecule has 4 nitrogen and oxygen atoms in total. The predicted octanol–water partition coefficient (Wildman–Crippen LogP) is 2.70. The van der Waals surface area contributed by atoms with Crippen LogP contribution < -0.4 is 10.6 Å². The largest absolute Gasteiger partial charge is 0.366 e. The van der Waals surface area contributed by atoms with E-state index >= 15 is 0 Å². The lowest BCUT2D eigenvalue weighted by Crippen LogP contribution is -2.41.